The van der Waals surface area contributed by atoms with Gasteiger partial charge in [-0.05, 0) is 19.9 Å². The first-order valence-corrected chi connectivity index (χ1v) is 7.59. The summed E-state index contributed by atoms with van der Waals surface area (Å²) in [5.74, 6) is 1.85. The van der Waals surface area contributed by atoms with Crippen molar-refractivity contribution in [1.29, 1.82) is 0 Å². The third kappa shape index (κ3) is 3.82. The third-order valence-corrected chi connectivity index (χ3v) is 4.12. The Morgan fingerprint density at radius 2 is 2.05 bits per heavy atom. The normalized spacial score (nSPS) is 25.8. The number of hydrogen-bond acceptors (Lipinski definition) is 4. The Hall–Kier alpha value is -0.970. The fraction of sp³-hybridized carbons (Fsp3) is 0.625. The molecule has 2 aliphatic heterocycles. The van der Waals surface area contributed by atoms with Gasteiger partial charge in [0.15, 0.2) is 11.5 Å². The highest BCUT2D eigenvalue weighted by atomic mass is 35.5. The zero-order valence-corrected chi connectivity index (χ0v) is 13.6. The van der Waals surface area contributed by atoms with Gasteiger partial charge in [0.05, 0.1) is 13.2 Å². The van der Waals surface area contributed by atoms with Crippen molar-refractivity contribution in [3.63, 3.8) is 0 Å². The summed E-state index contributed by atoms with van der Waals surface area (Å²) in [4.78, 5) is 2.52. The van der Waals surface area contributed by atoms with Crippen LogP contribution in [0.15, 0.2) is 18.2 Å². The molecule has 1 fully saturated rings. The van der Waals surface area contributed by atoms with Crippen LogP contribution in [0.3, 0.4) is 0 Å². The molecule has 1 saturated heterocycles. The summed E-state index contributed by atoms with van der Waals surface area (Å²) in [7, 11) is 0. The second-order valence-corrected chi connectivity index (χ2v) is 5.88. The number of halogens is 1. The van der Waals surface area contributed by atoms with Crippen molar-refractivity contribution in [3.8, 4) is 11.5 Å². The number of para-hydroxylation sites is 1. The highest BCUT2D eigenvalue weighted by Crippen LogP contribution is 2.34. The quantitative estimate of drug-likeness (QED) is 0.909. The van der Waals surface area contributed by atoms with Gasteiger partial charge in [-0.15, -0.1) is 12.4 Å². The molecule has 1 N–H and O–H groups in total. The standard InChI is InChI=1S/C16H24N2O2.ClH/c1-12-10-18(13(2)9-17-12)11-14-5-3-6-15-16(14)20-8-4-7-19-15;/h3,5-6,12-13,17H,4,7-11H2,1-2H3;1H. The Morgan fingerprint density at radius 3 is 2.90 bits per heavy atom. The van der Waals surface area contributed by atoms with Crippen LogP contribution < -0.4 is 14.8 Å². The summed E-state index contributed by atoms with van der Waals surface area (Å²) < 4.78 is 11.7. The fourth-order valence-electron chi connectivity index (χ4n) is 2.91. The highest BCUT2D eigenvalue weighted by molar-refractivity contribution is 5.85. The van der Waals surface area contributed by atoms with E-state index < -0.39 is 0 Å². The number of piperazine rings is 1. The molecule has 0 aromatic heterocycles. The molecule has 1 aromatic carbocycles. The molecule has 0 aliphatic carbocycles. The third-order valence-electron chi connectivity index (χ3n) is 4.12. The molecule has 5 heteroatoms. The van der Waals surface area contributed by atoms with Gasteiger partial charge in [0.1, 0.15) is 0 Å². The van der Waals surface area contributed by atoms with E-state index in [9.17, 15) is 0 Å². The van der Waals surface area contributed by atoms with Gasteiger partial charge in [-0.3, -0.25) is 4.90 Å². The van der Waals surface area contributed by atoms with Gasteiger partial charge < -0.3 is 14.8 Å². The van der Waals surface area contributed by atoms with Gasteiger partial charge in [-0.25, -0.2) is 0 Å². The predicted molar refractivity (Wildman–Crippen MR) is 86.6 cm³/mol. The SMILES string of the molecule is CC1CN(Cc2cccc3c2OCCCO3)C(C)CN1.Cl. The first kappa shape index (κ1) is 16.4. The van der Waals surface area contributed by atoms with Crippen LogP contribution in [0.1, 0.15) is 25.8 Å². The van der Waals surface area contributed by atoms with Gasteiger partial charge in [-0.1, -0.05) is 12.1 Å². The molecule has 4 nitrogen and oxygen atoms in total. The largest absolute Gasteiger partial charge is 0.490 e. The van der Waals surface area contributed by atoms with Crippen molar-refractivity contribution in [2.45, 2.75) is 38.9 Å². The van der Waals surface area contributed by atoms with E-state index in [0.29, 0.717) is 12.1 Å². The first-order chi connectivity index (χ1) is 9.74. The molecular weight excluding hydrogens is 288 g/mol. The molecular formula is C16H25ClN2O2. The van der Waals surface area contributed by atoms with Crippen LogP contribution in [0.25, 0.3) is 0 Å². The van der Waals surface area contributed by atoms with Crippen LogP contribution in [0, 0.1) is 0 Å². The minimum atomic E-state index is 0. The van der Waals surface area contributed by atoms with Crippen molar-refractivity contribution in [2.75, 3.05) is 26.3 Å². The smallest absolute Gasteiger partial charge is 0.165 e. The molecule has 1 aromatic rings. The van der Waals surface area contributed by atoms with Crippen molar-refractivity contribution >= 4 is 12.4 Å². The Balaban J connectivity index is 0.00000161. The second-order valence-electron chi connectivity index (χ2n) is 5.88. The van der Waals surface area contributed by atoms with E-state index in [1.165, 1.54) is 5.56 Å². The Kier molecular flexibility index (Phi) is 5.73. The van der Waals surface area contributed by atoms with Crippen LogP contribution >= 0.6 is 12.4 Å². The molecule has 2 aliphatic rings. The van der Waals surface area contributed by atoms with E-state index in [0.717, 1.165) is 50.8 Å². The topological polar surface area (TPSA) is 33.7 Å². The molecule has 2 atom stereocenters. The average Bonchev–Trinajstić information content (AvgIpc) is 2.69. The maximum atomic E-state index is 5.92. The summed E-state index contributed by atoms with van der Waals surface area (Å²) in [6.07, 6.45) is 0.954. The molecule has 3 rings (SSSR count). The van der Waals surface area contributed by atoms with Crippen LogP contribution in [-0.4, -0.2) is 43.3 Å². The van der Waals surface area contributed by atoms with Gasteiger partial charge in [0.2, 0.25) is 0 Å². The lowest BCUT2D eigenvalue weighted by Gasteiger charge is -2.37. The van der Waals surface area contributed by atoms with E-state index in [2.05, 4.69) is 36.2 Å². The molecule has 2 heterocycles. The number of ether oxygens (including phenoxy) is 2. The predicted octanol–water partition coefficient (Wildman–Crippen LogP) is 2.45. The summed E-state index contributed by atoms with van der Waals surface area (Å²) >= 11 is 0. The summed E-state index contributed by atoms with van der Waals surface area (Å²) in [5.41, 5.74) is 1.24. The van der Waals surface area contributed by atoms with E-state index in [4.69, 9.17) is 9.47 Å². The Bertz CT molecular complexity index is 470. The number of hydrogen-bond donors (Lipinski definition) is 1. The van der Waals surface area contributed by atoms with Crippen molar-refractivity contribution in [3.05, 3.63) is 23.8 Å². The van der Waals surface area contributed by atoms with Crippen LogP contribution in [0.4, 0.5) is 0 Å². The zero-order valence-electron chi connectivity index (χ0n) is 12.8. The number of benzene rings is 1. The number of nitrogens with one attached hydrogen (secondary N) is 1. The van der Waals surface area contributed by atoms with Crippen LogP contribution in [0.5, 0.6) is 11.5 Å². The van der Waals surface area contributed by atoms with Gasteiger partial charge in [0, 0.05) is 43.7 Å². The van der Waals surface area contributed by atoms with Crippen LogP contribution in [0.2, 0.25) is 0 Å². The van der Waals surface area contributed by atoms with Crippen LogP contribution in [-0.2, 0) is 6.54 Å². The fourth-order valence-corrected chi connectivity index (χ4v) is 2.91. The van der Waals surface area contributed by atoms with Gasteiger partial charge in [0.25, 0.3) is 0 Å². The van der Waals surface area contributed by atoms with E-state index in [1.54, 1.807) is 0 Å². The molecule has 118 valence electrons. The lowest BCUT2D eigenvalue weighted by Crippen LogP contribution is -2.53. The lowest BCUT2D eigenvalue weighted by atomic mass is 10.1. The summed E-state index contributed by atoms with van der Waals surface area (Å²) in [6, 6.07) is 7.33. The van der Waals surface area contributed by atoms with Crippen molar-refractivity contribution in [2.24, 2.45) is 0 Å². The molecule has 0 saturated carbocycles. The zero-order chi connectivity index (χ0) is 13.9. The van der Waals surface area contributed by atoms with E-state index in [1.807, 2.05) is 6.07 Å². The highest BCUT2D eigenvalue weighted by Gasteiger charge is 2.24. The van der Waals surface area contributed by atoms with Gasteiger partial charge in [-0.2, -0.15) is 0 Å². The molecule has 2 unspecified atom stereocenters. The maximum Gasteiger partial charge on any atom is 0.165 e. The number of fused-ring (bicyclic) bond motifs is 1. The Labute approximate surface area is 133 Å². The molecule has 0 radical (unpaired) electrons. The van der Waals surface area contributed by atoms with Gasteiger partial charge >= 0.3 is 0 Å². The maximum absolute atomic E-state index is 5.92. The number of nitrogens with zero attached hydrogens (tertiary/aromatic N) is 1. The summed E-state index contributed by atoms with van der Waals surface area (Å²) in [6.45, 7) is 9.07. The second kappa shape index (κ2) is 7.34. The summed E-state index contributed by atoms with van der Waals surface area (Å²) in [5, 5.41) is 3.52. The lowest BCUT2D eigenvalue weighted by molar-refractivity contribution is 0.137. The minimum absolute atomic E-state index is 0. The minimum Gasteiger partial charge on any atom is -0.490 e. The van der Waals surface area contributed by atoms with Crippen molar-refractivity contribution < 1.29 is 9.47 Å². The molecule has 0 spiro atoms. The van der Waals surface area contributed by atoms with E-state index in [-0.39, 0.29) is 12.4 Å². The molecule has 0 amide bonds. The first-order valence-electron chi connectivity index (χ1n) is 7.59. The molecule has 21 heavy (non-hydrogen) atoms. The monoisotopic (exact) mass is 312 g/mol. The molecule has 0 bridgehead atoms. The van der Waals surface area contributed by atoms with Crippen molar-refractivity contribution in [1.82, 2.24) is 10.2 Å². The Morgan fingerprint density at radius 1 is 1.24 bits per heavy atom. The van der Waals surface area contributed by atoms with E-state index >= 15 is 0 Å². The number of rotatable bonds is 2. The average molecular weight is 313 g/mol.